The number of anilines is 1. The summed E-state index contributed by atoms with van der Waals surface area (Å²) in [5, 5.41) is 2.70. The van der Waals surface area contributed by atoms with E-state index < -0.39 is 0 Å². The molecule has 0 bridgehead atoms. The van der Waals surface area contributed by atoms with Crippen molar-refractivity contribution in [2.24, 2.45) is 18.7 Å². The van der Waals surface area contributed by atoms with E-state index >= 15 is 0 Å². The number of aryl methyl sites for hydroxylation is 1. The zero-order valence-corrected chi connectivity index (χ0v) is 8.10. The molecule has 1 amide bonds. The maximum atomic E-state index is 11.6. The fourth-order valence-corrected chi connectivity index (χ4v) is 1.35. The number of hydrogen-bond donors (Lipinski definition) is 2. The molecule has 5 heteroatoms. The first kappa shape index (κ1) is 9.21. The Labute approximate surface area is 82.3 Å². The highest BCUT2D eigenvalue weighted by Gasteiger charge is 2.33. The zero-order chi connectivity index (χ0) is 10.1. The van der Waals surface area contributed by atoms with Crippen LogP contribution in [0, 0.1) is 5.92 Å². The van der Waals surface area contributed by atoms with Gasteiger partial charge in [0.05, 0.1) is 6.04 Å². The van der Waals surface area contributed by atoms with Gasteiger partial charge in [-0.25, -0.2) is 4.98 Å². The van der Waals surface area contributed by atoms with Gasteiger partial charge in [-0.2, -0.15) is 0 Å². The summed E-state index contributed by atoms with van der Waals surface area (Å²) in [5.41, 5.74) is 5.74. The molecule has 0 radical (unpaired) electrons. The van der Waals surface area contributed by atoms with Crippen molar-refractivity contribution < 1.29 is 4.79 Å². The third-order valence-corrected chi connectivity index (χ3v) is 2.49. The molecule has 0 spiro atoms. The molecule has 1 saturated carbocycles. The lowest BCUT2D eigenvalue weighted by molar-refractivity contribution is -0.117. The average Bonchev–Trinajstić information content (AvgIpc) is 2.92. The quantitative estimate of drug-likeness (QED) is 0.716. The molecule has 0 aromatic carbocycles. The summed E-state index contributed by atoms with van der Waals surface area (Å²) >= 11 is 0. The summed E-state index contributed by atoms with van der Waals surface area (Å²) in [6, 6.07) is -0.383. The molecule has 1 aliphatic rings. The van der Waals surface area contributed by atoms with Crippen molar-refractivity contribution in [2.45, 2.75) is 18.9 Å². The van der Waals surface area contributed by atoms with Crippen LogP contribution in [-0.2, 0) is 11.8 Å². The minimum Gasteiger partial charge on any atom is -0.320 e. The molecule has 5 nitrogen and oxygen atoms in total. The minimum absolute atomic E-state index is 0.137. The molecular formula is C9H14N4O. The normalized spacial score (nSPS) is 17.9. The molecule has 1 aromatic rings. The average molecular weight is 194 g/mol. The summed E-state index contributed by atoms with van der Waals surface area (Å²) < 4.78 is 1.75. The van der Waals surface area contributed by atoms with E-state index in [1.807, 2.05) is 7.05 Å². The number of hydrogen-bond acceptors (Lipinski definition) is 3. The highest BCUT2D eigenvalue weighted by Crippen LogP contribution is 2.31. The Hall–Kier alpha value is -1.36. The Morgan fingerprint density at radius 2 is 2.50 bits per heavy atom. The fraction of sp³-hybridized carbons (Fsp3) is 0.556. The number of nitrogens with one attached hydrogen (secondary N) is 1. The maximum absolute atomic E-state index is 11.6. The summed E-state index contributed by atoms with van der Waals surface area (Å²) in [7, 11) is 1.82. The molecule has 1 aromatic heterocycles. The SMILES string of the molecule is Cn1ccnc1NC(=O)C(N)C1CC1. The Morgan fingerprint density at radius 1 is 1.79 bits per heavy atom. The maximum Gasteiger partial charge on any atom is 0.243 e. The monoisotopic (exact) mass is 194 g/mol. The Bertz CT molecular complexity index is 342. The van der Waals surface area contributed by atoms with Crippen LogP contribution >= 0.6 is 0 Å². The molecule has 14 heavy (non-hydrogen) atoms. The molecule has 2 rings (SSSR count). The summed E-state index contributed by atoms with van der Waals surface area (Å²) in [5.74, 6) is 0.781. The molecule has 1 unspecified atom stereocenters. The number of nitrogens with two attached hydrogens (primary N) is 1. The van der Waals surface area contributed by atoms with Crippen LogP contribution in [0.25, 0.3) is 0 Å². The van der Waals surface area contributed by atoms with Crippen molar-refractivity contribution in [1.29, 1.82) is 0 Å². The molecule has 1 heterocycles. The summed E-state index contributed by atoms with van der Waals surface area (Å²) in [4.78, 5) is 15.5. The van der Waals surface area contributed by atoms with Crippen molar-refractivity contribution in [2.75, 3.05) is 5.32 Å². The third-order valence-electron chi connectivity index (χ3n) is 2.49. The van der Waals surface area contributed by atoms with Gasteiger partial charge in [0.1, 0.15) is 0 Å². The van der Waals surface area contributed by atoms with Crippen LogP contribution in [0.15, 0.2) is 12.4 Å². The lowest BCUT2D eigenvalue weighted by Gasteiger charge is -2.10. The first-order valence-corrected chi connectivity index (χ1v) is 4.72. The second-order valence-electron chi connectivity index (χ2n) is 3.71. The van der Waals surface area contributed by atoms with Gasteiger partial charge in [-0.3, -0.25) is 10.1 Å². The van der Waals surface area contributed by atoms with Gasteiger partial charge in [0.15, 0.2) is 0 Å². The van der Waals surface area contributed by atoms with Crippen LogP contribution in [0.3, 0.4) is 0 Å². The predicted octanol–water partition coefficient (Wildman–Crippen LogP) is 0.0959. The van der Waals surface area contributed by atoms with Crippen LogP contribution in [0.4, 0.5) is 5.95 Å². The molecular weight excluding hydrogens is 180 g/mol. The molecule has 0 saturated heterocycles. The molecule has 1 fully saturated rings. The van der Waals surface area contributed by atoms with E-state index in [0.717, 1.165) is 12.8 Å². The van der Waals surface area contributed by atoms with E-state index in [1.165, 1.54) is 0 Å². The van der Waals surface area contributed by atoms with E-state index in [1.54, 1.807) is 17.0 Å². The highest BCUT2D eigenvalue weighted by molar-refractivity contribution is 5.93. The van der Waals surface area contributed by atoms with Gasteiger partial charge >= 0.3 is 0 Å². The van der Waals surface area contributed by atoms with E-state index in [2.05, 4.69) is 10.3 Å². The smallest absolute Gasteiger partial charge is 0.243 e. The van der Waals surface area contributed by atoms with Gasteiger partial charge in [0.2, 0.25) is 11.9 Å². The second-order valence-corrected chi connectivity index (χ2v) is 3.71. The topological polar surface area (TPSA) is 72.9 Å². The lowest BCUT2D eigenvalue weighted by Crippen LogP contribution is -2.37. The highest BCUT2D eigenvalue weighted by atomic mass is 16.2. The molecule has 1 atom stereocenters. The van der Waals surface area contributed by atoms with Crippen LogP contribution in [0.2, 0.25) is 0 Å². The number of carbonyl (C=O) groups is 1. The van der Waals surface area contributed by atoms with Crippen LogP contribution in [0.1, 0.15) is 12.8 Å². The Morgan fingerprint density at radius 3 is 3.00 bits per heavy atom. The fourth-order valence-electron chi connectivity index (χ4n) is 1.35. The van der Waals surface area contributed by atoms with Crippen molar-refractivity contribution >= 4 is 11.9 Å². The van der Waals surface area contributed by atoms with Gasteiger partial charge in [-0.05, 0) is 18.8 Å². The third kappa shape index (κ3) is 1.77. The number of rotatable bonds is 3. The molecule has 1 aliphatic carbocycles. The van der Waals surface area contributed by atoms with E-state index in [0.29, 0.717) is 11.9 Å². The molecule has 0 aliphatic heterocycles. The van der Waals surface area contributed by atoms with Crippen LogP contribution < -0.4 is 11.1 Å². The second kappa shape index (κ2) is 3.42. The van der Waals surface area contributed by atoms with Crippen molar-refractivity contribution in [3.05, 3.63) is 12.4 Å². The molecule has 76 valence electrons. The number of amides is 1. The Balaban J connectivity index is 1.97. The van der Waals surface area contributed by atoms with E-state index in [4.69, 9.17) is 5.73 Å². The molecule has 3 N–H and O–H groups in total. The van der Waals surface area contributed by atoms with Gasteiger partial charge < -0.3 is 10.3 Å². The largest absolute Gasteiger partial charge is 0.320 e. The van der Waals surface area contributed by atoms with Crippen molar-refractivity contribution in [1.82, 2.24) is 9.55 Å². The first-order chi connectivity index (χ1) is 6.68. The number of aromatic nitrogens is 2. The number of carbonyl (C=O) groups excluding carboxylic acids is 1. The van der Waals surface area contributed by atoms with Crippen LogP contribution in [-0.4, -0.2) is 21.5 Å². The first-order valence-electron chi connectivity index (χ1n) is 4.72. The van der Waals surface area contributed by atoms with E-state index in [9.17, 15) is 4.79 Å². The number of nitrogens with zero attached hydrogens (tertiary/aromatic N) is 2. The van der Waals surface area contributed by atoms with Gasteiger partial charge in [-0.1, -0.05) is 0 Å². The Kier molecular flexibility index (Phi) is 2.25. The van der Waals surface area contributed by atoms with Gasteiger partial charge in [0, 0.05) is 19.4 Å². The van der Waals surface area contributed by atoms with Gasteiger partial charge in [-0.15, -0.1) is 0 Å². The number of imidazole rings is 1. The van der Waals surface area contributed by atoms with Crippen molar-refractivity contribution in [3.8, 4) is 0 Å². The van der Waals surface area contributed by atoms with Crippen LogP contribution in [0.5, 0.6) is 0 Å². The van der Waals surface area contributed by atoms with Crippen molar-refractivity contribution in [3.63, 3.8) is 0 Å². The summed E-state index contributed by atoms with van der Waals surface area (Å²) in [6.07, 6.45) is 5.54. The zero-order valence-electron chi connectivity index (χ0n) is 8.10. The standard InChI is InChI=1S/C9H14N4O/c1-13-5-4-11-9(13)12-8(14)7(10)6-2-3-6/h4-7H,2-3,10H2,1H3,(H,11,12,14). The summed E-state index contributed by atoms with van der Waals surface area (Å²) in [6.45, 7) is 0. The predicted molar refractivity (Wildman–Crippen MR) is 52.5 cm³/mol. The van der Waals surface area contributed by atoms with E-state index in [-0.39, 0.29) is 11.9 Å². The lowest BCUT2D eigenvalue weighted by atomic mass is 10.2. The van der Waals surface area contributed by atoms with Gasteiger partial charge in [0.25, 0.3) is 0 Å². The minimum atomic E-state index is -0.383.